The highest BCUT2D eigenvalue weighted by molar-refractivity contribution is 5.95. The molecule has 1 fully saturated rings. The highest BCUT2D eigenvalue weighted by Gasteiger charge is 2.24. The van der Waals surface area contributed by atoms with Crippen molar-refractivity contribution >= 4 is 23.3 Å². The van der Waals surface area contributed by atoms with Crippen LogP contribution in [0.1, 0.15) is 29.6 Å². The third-order valence-electron chi connectivity index (χ3n) is 3.87. The van der Waals surface area contributed by atoms with Crippen molar-refractivity contribution in [2.45, 2.75) is 19.3 Å². The Balaban J connectivity index is 2.23. The zero-order chi connectivity index (χ0) is 17.0. The van der Waals surface area contributed by atoms with E-state index in [1.54, 1.807) is 12.1 Å². The van der Waals surface area contributed by atoms with Crippen LogP contribution in [0.5, 0.6) is 0 Å². The molecule has 0 aliphatic carbocycles. The van der Waals surface area contributed by atoms with Gasteiger partial charge in [-0.1, -0.05) is 0 Å². The maximum absolute atomic E-state index is 12.3. The lowest BCUT2D eigenvalue weighted by molar-refractivity contribution is -0.384. The topological polar surface area (TPSA) is 104 Å². The molecule has 0 unspecified atom stereocenters. The molecule has 1 aliphatic heterocycles. The fraction of sp³-hybridized carbons (Fsp3) is 0.467. The van der Waals surface area contributed by atoms with Gasteiger partial charge in [0.2, 0.25) is 0 Å². The van der Waals surface area contributed by atoms with Crippen LogP contribution in [-0.2, 0) is 4.79 Å². The molecule has 1 aliphatic rings. The minimum Gasteiger partial charge on any atom is -0.481 e. The van der Waals surface area contributed by atoms with Gasteiger partial charge in [-0.3, -0.25) is 19.7 Å². The standard InChI is InChI=1S/C15H19N3O5/c1-16(9-6-14(19)20)15(21)11-4-5-12(13(10-11)18(22)23)17-7-2-3-8-17/h4-5,10H,2-3,6-9H2,1H3,(H,19,20). The van der Waals surface area contributed by atoms with Crippen molar-refractivity contribution in [2.75, 3.05) is 31.6 Å². The molecule has 23 heavy (non-hydrogen) atoms. The van der Waals surface area contributed by atoms with E-state index >= 15 is 0 Å². The molecule has 1 aromatic carbocycles. The first-order chi connectivity index (χ1) is 10.9. The van der Waals surface area contributed by atoms with E-state index in [-0.39, 0.29) is 24.2 Å². The van der Waals surface area contributed by atoms with Crippen LogP contribution in [-0.4, -0.2) is 53.5 Å². The molecule has 2 rings (SSSR count). The fourth-order valence-corrected chi connectivity index (χ4v) is 2.61. The average Bonchev–Trinajstić information content (AvgIpc) is 3.05. The number of carbonyl (C=O) groups is 2. The zero-order valence-electron chi connectivity index (χ0n) is 12.9. The Bertz CT molecular complexity index is 626. The van der Waals surface area contributed by atoms with Crippen molar-refractivity contribution in [3.8, 4) is 0 Å². The zero-order valence-corrected chi connectivity index (χ0v) is 12.9. The van der Waals surface area contributed by atoms with E-state index in [1.807, 2.05) is 4.90 Å². The fourth-order valence-electron chi connectivity index (χ4n) is 2.61. The molecule has 124 valence electrons. The molecule has 1 amide bonds. The van der Waals surface area contributed by atoms with Crippen LogP contribution in [0.15, 0.2) is 18.2 Å². The third-order valence-corrected chi connectivity index (χ3v) is 3.87. The van der Waals surface area contributed by atoms with Crippen LogP contribution >= 0.6 is 0 Å². The van der Waals surface area contributed by atoms with Crippen molar-refractivity contribution in [2.24, 2.45) is 0 Å². The van der Waals surface area contributed by atoms with Gasteiger partial charge in [-0.25, -0.2) is 0 Å². The summed E-state index contributed by atoms with van der Waals surface area (Å²) >= 11 is 0. The van der Waals surface area contributed by atoms with Gasteiger partial charge in [-0.15, -0.1) is 0 Å². The Morgan fingerprint density at radius 3 is 2.57 bits per heavy atom. The van der Waals surface area contributed by atoms with Crippen molar-refractivity contribution in [3.05, 3.63) is 33.9 Å². The molecule has 0 atom stereocenters. The molecule has 0 bridgehead atoms. The van der Waals surface area contributed by atoms with E-state index < -0.39 is 16.8 Å². The highest BCUT2D eigenvalue weighted by atomic mass is 16.6. The van der Waals surface area contributed by atoms with Crippen LogP contribution in [0.2, 0.25) is 0 Å². The molecule has 8 heteroatoms. The lowest BCUT2D eigenvalue weighted by Crippen LogP contribution is -2.29. The lowest BCUT2D eigenvalue weighted by Gasteiger charge is -2.19. The number of carbonyl (C=O) groups excluding carboxylic acids is 1. The first-order valence-electron chi connectivity index (χ1n) is 7.41. The molecular weight excluding hydrogens is 302 g/mol. The number of nitrogens with zero attached hydrogens (tertiary/aromatic N) is 3. The van der Waals surface area contributed by atoms with Gasteiger partial charge in [-0.2, -0.15) is 0 Å². The second kappa shape index (κ2) is 7.08. The molecule has 0 radical (unpaired) electrons. The van der Waals surface area contributed by atoms with Gasteiger partial charge in [0, 0.05) is 38.3 Å². The van der Waals surface area contributed by atoms with E-state index in [0.29, 0.717) is 5.69 Å². The number of benzene rings is 1. The van der Waals surface area contributed by atoms with E-state index in [0.717, 1.165) is 25.9 Å². The molecule has 0 spiro atoms. The normalized spacial score (nSPS) is 13.9. The van der Waals surface area contributed by atoms with Crippen LogP contribution in [0.25, 0.3) is 0 Å². The summed E-state index contributed by atoms with van der Waals surface area (Å²) in [4.78, 5) is 36.9. The number of anilines is 1. The molecular formula is C15H19N3O5. The number of amides is 1. The molecule has 0 aromatic heterocycles. The Morgan fingerprint density at radius 1 is 1.35 bits per heavy atom. The number of hydrogen-bond donors (Lipinski definition) is 1. The van der Waals surface area contributed by atoms with Gasteiger partial charge in [0.25, 0.3) is 11.6 Å². The second-order valence-electron chi connectivity index (χ2n) is 5.53. The maximum Gasteiger partial charge on any atom is 0.305 e. The summed E-state index contributed by atoms with van der Waals surface area (Å²) in [5, 5.41) is 20.0. The van der Waals surface area contributed by atoms with E-state index in [2.05, 4.69) is 0 Å². The Hall–Kier alpha value is -2.64. The molecule has 0 saturated carbocycles. The number of carboxylic acid groups (broad SMARTS) is 1. The Labute approximate surface area is 133 Å². The van der Waals surface area contributed by atoms with Gasteiger partial charge in [0.15, 0.2) is 0 Å². The molecule has 1 aromatic rings. The Morgan fingerprint density at radius 2 is 2.00 bits per heavy atom. The van der Waals surface area contributed by atoms with Crippen LogP contribution in [0.4, 0.5) is 11.4 Å². The average molecular weight is 321 g/mol. The second-order valence-corrected chi connectivity index (χ2v) is 5.53. The van der Waals surface area contributed by atoms with E-state index in [9.17, 15) is 19.7 Å². The summed E-state index contributed by atoms with van der Waals surface area (Å²) in [5.74, 6) is -1.43. The molecule has 1 heterocycles. The van der Waals surface area contributed by atoms with Crippen molar-refractivity contribution < 1.29 is 19.6 Å². The van der Waals surface area contributed by atoms with E-state index in [4.69, 9.17) is 5.11 Å². The number of nitro groups is 1. The minimum absolute atomic E-state index is 0.0514. The quantitative estimate of drug-likeness (QED) is 0.632. The van der Waals surface area contributed by atoms with Gasteiger partial charge in [-0.05, 0) is 25.0 Å². The predicted molar refractivity (Wildman–Crippen MR) is 83.8 cm³/mol. The van der Waals surface area contributed by atoms with Gasteiger partial charge in [0.05, 0.1) is 11.3 Å². The predicted octanol–water partition coefficient (Wildman–Crippen LogP) is 1.74. The lowest BCUT2D eigenvalue weighted by atomic mass is 10.1. The smallest absolute Gasteiger partial charge is 0.305 e. The number of carboxylic acids is 1. The van der Waals surface area contributed by atoms with Crippen LogP contribution < -0.4 is 4.90 Å². The third kappa shape index (κ3) is 3.97. The maximum atomic E-state index is 12.3. The summed E-state index contributed by atoms with van der Waals surface area (Å²) in [6.07, 6.45) is 1.82. The summed E-state index contributed by atoms with van der Waals surface area (Å²) in [7, 11) is 1.48. The summed E-state index contributed by atoms with van der Waals surface area (Å²) in [5.41, 5.74) is 0.620. The van der Waals surface area contributed by atoms with Crippen molar-refractivity contribution in [3.63, 3.8) is 0 Å². The van der Waals surface area contributed by atoms with E-state index in [1.165, 1.54) is 18.0 Å². The first kappa shape index (κ1) is 16.7. The Kier molecular flexibility index (Phi) is 5.15. The first-order valence-corrected chi connectivity index (χ1v) is 7.41. The van der Waals surface area contributed by atoms with Gasteiger partial charge in [0.1, 0.15) is 5.69 Å². The van der Waals surface area contributed by atoms with Crippen LogP contribution in [0, 0.1) is 10.1 Å². The summed E-state index contributed by atoms with van der Waals surface area (Å²) < 4.78 is 0. The number of rotatable bonds is 6. The molecule has 1 N–H and O–H groups in total. The van der Waals surface area contributed by atoms with Crippen LogP contribution in [0.3, 0.4) is 0 Å². The SMILES string of the molecule is CN(CCC(=O)O)C(=O)c1ccc(N2CCCC2)c([N+](=O)[O-])c1. The number of nitro benzene ring substituents is 1. The molecule has 8 nitrogen and oxygen atoms in total. The minimum atomic E-state index is -1.000. The van der Waals surface area contributed by atoms with Gasteiger partial charge < -0.3 is 14.9 Å². The van der Waals surface area contributed by atoms with Crippen molar-refractivity contribution in [1.82, 2.24) is 4.90 Å². The van der Waals surface area contributed by atoms with Crippen molar-refractivity contribution in [1.29, 1.82) is 0 Å². The highest BCUT2D eigenvalue weighted by Crippen LogP contribution is 2.31. The monoisotopic (exact) mass is 321 g/mol. The summed E-state index contributed by atoms with van der Waals surface area (Å²) in [6.45, 7) is 1.59. The largest absolute Gasteiger partial charge is 0.481 e. The number of aliphatic carboxylic acids is 1. The summed E-state index contributed by atoms with van der Waals surface area (Å²) in [6, 6.07) is 4.43. The van der Waals surface area contributed by atoms with Gasteiger partial charge >= 0.3 is 5.97 Å². The molecule has 1 saturated heterocycles. The number of hydrogen-bond acceptors (Lipinski definition) is 5.